The van der Waals surface area contributed by atoms with Crippen LogP contribution in [0, 0.1) is 6.92 Å². The summed E-state index contributed by atoms with van der Waals surface area (Å²) >= 11 is 0. The molecule has 0 amide bonds. The van der Waals surface area contributed by atoms with Crippen LogP contribution in [0.5, 0.6) is 5.75 Å². The maximum Gasteiger partial charge on any atom is 0.119 e. The first-order valence-electron chi connectivity index (χ1n) is 6.85. The summed E-state index contributed by atoms with van der Waals surface area (Å²) < 4.78 is 5.59. The molecule has 2 aromatic rings. The van der Waals surface area contributed by atoms with E-state index >= 15 is 0 Å². The Morgan fingerprint density at radius 2 is 2.00 bits per heavy atom. The number of hydrazine groups is 1. The number of hydrogen-bond donors (Lipinski definition) is 2. The van der Waals surface area contributed by atoms with Gasteiger partial charge in [0.2, 0.25) is 0 Å². The van der Waals surface area contributed by atoms with Gasteiger partial charge in [0.1, 0.15) is 5.75 Å². The minimum atomic E-state index is -0.0433. The molecule has 3 N–H and O–H groups in total. The highest BCUT2D eigenvalue weighted by Gasteiger charge is 2.14. The molecule has 1 unspecified atom stereocenters. The first-order valence-corrected chi connectivity index (χ1v) is 6.85. The molecule has 2 rings (SSSR count). The van der Waals surface area contributed by atoms with Crippen LogP contribution < -0.4 is 16.0 Å². The predicted octanol–water partition coefficient (Wildman–Crippen LogP) is 2.73. The second-order valence-electron chi connectivity index (χ2n) is 4.75. The number of rotatable bonds is 6. The van der Waals surface area contributed by atoms with Crippen LogP contribution in [0.15, 0.2) is 42.7 Å². The predicted molar refractivity (Wildman–Crippen MR) is 80.4 cm³/mol. The molecule has 1 atom stereocenters. The van der Waals surface area contributed by atoms with E-state index < -0.39 is 0 Å². The lowest BCUT2D eigenvalue weighted by Crippen LogP contribution is -2.29. The number of hydrogen-bond acceptors (Lipinski definition) is 4. The minimum absolute atomic E-state index is 0.0433. The van der Waals surface area contributed by atoms with Crippen LogP contribution in [0.3, 0.4) is 0 Å². The zero-order valence-corrected chi connectivity index (χ0v) is 12.0. The highest BCUT2D eigenvalue weighted by molar-refractivity contribution is 5.37. The summed E-state index contributed by atoms with van der Waals surface area (Å²) in [4.78, 5) is 4.11. The molecule has 106 valence electrons. The third-order valence-electron chi connectivity index (χ3n) is 3.23. The van der Waals surface area contributed by atoms with Gasteiger partial charge in [-0.2, -0.15) is 0 Å². The Hall–Kier alpha value is -1.91. The molecule has 20 heavy (non-hydrogen) atoms. The van der Waals surface area contributed by atoms with E-state index in [1.54, 1.807) is 6.20 Å². The molecular formula is C16H21N3O. The SMILES string of the molecule is CCCOc1ccc(C(NN)c2ccncc2C)cc1. The molecule has 0 spiro atoms. The molecule has 0 bridgehead atoms. The Balaban J connectivity index is 2.22. The minimum Gasteiger partial charge on any atom is -0.494 e. The van der Waals surface area contributed by atoms with Crippen LogP contribution in [-0.4, -0.2) is 11.6 Å². The molecule has 1 aromatic carbocycles. The number of aryl methyl sites for hydroxylation is 1. The number of benzene rings is 1. The van der Waals surface area contributed by atoms with Gasteiger partial charge in [-0.25, -0.2) is 5.43 Å². The molecule has 0 saturated heterocycles. The number of nitrogens with zero attached hydrogens (tertiary/aromatic N) is 1. The van der Waals surface area contributed by atoms with Gasteiger partial charge < -0.3 is 4.74 Å². The molecule has 0 aliphatic heterocycles. The second-order valence-corrected chi connectivity index (χ2v) is 4.75. The number of nitrogens with two attached hydrogens (primary N) is 1. The average molecular weight is 271 g/mol. The highest BCUT2D eigenvalue weighted by Crippen LogP contribution is 2.25. The van der Waals surface area contributed by atoms with E-state index in [2.05, 4.69) is 17.3 Å². The van der Waals surface area contributed by atoms with Gasteiger partial charge in [0.25, 0.3) is 0 Å². The van der Waals surface area contributed by atoms with Crippen molar-refractivity contribution in [1.29, 1.82) is 0 Å². The Bertz CT molecular complexity index is 540. The molecule has 0 aliphatic rings. The molecule has 1 aromatic heterocycles. The largest absolute Gasteiger partial charge is 0.494 e. The monoisotopic (exact) mass is 271 g/mol. The first-order chi connectivity index (χ1) is 9.76. The quantitative estimate of drug-likeness (QED) is 0.626. The van der Waals surface area contributed by atoms with E-state index in [4.69, 9.17) is 10.6 Å². The maximum atomic E-state index is 5.72. The Morgan fingerprint density at radius 3 is 2.60 bits per heavy atom. The van der Waals surface area contributed by atoms with Gasteiger partial charge in [0.05, 0.1) is 12.6 Å². The molecule has 4 heteroatoms. The van der Waals surface area contributed by atoms with Crippen LogP contribution in [0.25, 0.3) is 0 Å². The number of aromatic nitrogens is 1. The Labute approximate surface area is 120 Å². The lowest BCUT2D eigenvalue weighted by atomic mass is 9.97. The third-order valence-corrected chi connectivity index (χ3v) is 3.23. The summed E-state index contributed by atoms with van der Waals surface area (Å²) in [6, 6.07) is 9.97. The van der Waals surface area contributed by atoms with Gasteiger partial charge >= 0.3 is 0 Å². The van der Waals surface area contributed by atoms with Gasteiger partial charge in [-0.1, -0.05) is 19.1 Å². The molecule has 0 radical (unpaired) electrons. The van der Waals surface area contributed by atoms with E-state index in [1.165, 1.54) is 0 Å². The number of nitrogens with one attached hydrogen (secondary N) is 1. The molecule has 0 fully saturated rings. The fraction of sp³-hybridized carbons (Fsp3) is 0.312. The molecule has 4 nitrogen and oxygen atoms in total. The summed E-state index contributed by atoms with van der Waals surface area (Å²) in [5, 5.41) is 0. The smallest absolute Gasteiger partial charge is 0.119 e. The average Bonchev–Trinajstić information content (AvgIpc) is 2.49. The summed E-state index contributed by atoms with van der Waals surface area (Å²) in [5.41, 5.74) is 6.21. The van der Waals surface area contributed by atoms with Crippen molar-refractivity contribution < 1.29 is 4.74 Å². The van der Waals surface area contributed by atoms with Crippen molar-refractivity contribution in [3.8, 4) is 5.75 Å². The van der Waals surface area contributed by atoms with Crippen LogP contribution in [0.2, 0.25) is 0 Å². The fourth-order valence-corrected chi connectivity index (χ4v) is 2.15. The van der Waals surface area contributed by atoms with E-state index in [9.17, 15) is 0 Å². The van der Waals surface area contributed by atoms with E-state index in [-0.39, 0.29) is 6.04 Å². The van der Waals surface area contributed by atoms with Crippen molar-refractivity contribution in [2.24, 2.45) is 5.84 Å². The zero-order valence-electron chi connectivity index (χ0n) is 12.0. The summed E-state index contributed by atoms with van der Waals surface area (Å²) in [5.74, 6) is 6.61. The third kappa shape index (κ3) is 3.35. The molecule has 0 saturated carbocycles. The maximum absolute atomic E-state index is 5.72. The molecular weight excluding hydrogens is 250 g/mol. The van der Waals surface area contributed by atoms with Crippen LogP contribution >= 0.6 is 0 Å². The lowest BCUT2D eigenvalue weighted by molar-refractivity contribution is 0.317. The van der Waals surface area contributed by atoms with Gasteiger partial charge in [0, 0.05) is 12.4 Å². The second kappa shape index (κ2) is 7.03. The standard InChI is InChI=1S/C16H21N3O/c1-3-10-20-14-6-4-13(5-7-14)16(19-17)15-8-9-18-11-12(15)2/h4-9,11,16,19H,3,10,17H2,1-2H3. The number of ether oxygens (including phenoxy) is 1. The molecule has 1 heterocycles. The first kappa shape index (κ1) is 14.5. The van der Waals surface area contributed by atoms with Crippen LogP contribution in [0.1, 0.15) is 36.1 Å². The Morgan fingerprint density at radius 1 is 1.25 bits per heavy atom. The zero-order chi connectivity index (χ0) is 14.4. The van der Waals surface area contributed by atoms with Crippen LogP contribution in [-0.2, 0) is 0 Å². The summed E-state index contributed by atoms with van der Waals surface area (Å²) in [7, 11) is 0. The highest BCUT2D eigenvalue weighted by atomic mass is 16.5. The molecule has 0 aliphatic carbocycles. The fourth-order valence-electron chi connectivity index (χ4n) is 2.15. The Kier molecular flexibility index (Phi) is 5.09. The van der Waals surface area contributed by atoms with Crippen molar-refractivity contribution in [2.45, 2.75) is 26.3 Å². The lowest BCUT2D eigenvalue weighted by Gasteiger charge is -2.19. The number of pyridine rings is 1. The summed E-state index contributed by atoms with van der Waals surface area (Å²) in [6.07, 6.45) is 4.63. The topological polar surface area (TPSA) is 60.2 Å². The van der Waals surface area contributed by atoms with Crippen LogP contribution in [0.4, 0.5) is 0 Å². The van der Waals surface area contributed by atoms with Crippen molar-refractivity contribution in [3.63, 3.8) is 0 Å². The van der Waals surface area contributed by atoms with Gasteiger partial charge in [-0.05, 0) is 48.2 Å². The normalized spacial score (nSPS) is 12.2. The summed E-state index contributed by atoms with van der Waals surface area (Å²) in [6.45, 7) is 4.86. The van der Waals surface area contributed by atoms with Crippen molar-refractivity contribution in [3.05, 3.63) is 59.4 Å². The van der Waals surface area contributed by atoms with E-state index in [1.807, 2.05) is 43.5 Å². The van der Waals surface area contributed by atoms with E-state index in [0.717, 1.165) is 35.5 Å². The van der Waals surface area contributed by atoms with Crippen molar-refractivity contribution in [2.75, 3.05) is 6.61 Å². The van der Waals surface area contributed by atoms with Gasteiger partial charge in [0.15, 0.2) is 0 Å². The van der Waals surface area contributed by atoms with Gasteiger partial charge in [-0.15, -0.1) is 0 Å². The van der Waals surface area contributed by atoms with Crippen molar-refractivity contribution in [1.82, 2.24) is 10.4 Å². The van der Waals surface area contributed by atoms with E-state index in [0.29, 0.717) is 0 Å². The van der Waals surface area contributed by atoms with Crippen molar-refractivity contribution >= 4 is 0 Å². The van der Waals surface area contributed by atoms with Gasteiger partial charge in [-0.3, -0.25) is 10.8 Å².